The smallest absolute Gasteiger partial charge is 0.114 e. The third kappa shape index (κ3) is 5.58. The predicted molar refractivity (Wildman–Crippen MR) is 71.9 cm³/mol. The summed E-state index contributed by atoms with van der Waals surface area (Å²) in [6.45, 7) is 4.11. The molecule has 0 unspecified atom stereocenters. The molecule has 0 spiro atoms. The molecule has 3 N–H and O–H groups in total. The predicted octanol–water partition coefficient (Wildman–Crippen LogP) is 0.621. The number of hydrogen-bond donors (Lipinski definition) is 3. The molecule has 1 fully saturated rings. The van der Waals surface area contributed by atoms with Crippen LogP contribution in [0.1, 0.15) is 32.1 Å². The molecule has 1 aliphatic heterocycles. The van der Waals surface area contributed by atoms with Crippen LogP contribution in [0.5, 0.6) is 0 Å². The third-order valence-electron chi connectivity index (χ3n) is 3.37. The average molecular weight is 274 g/mol. The second-order valence-electron chi connectivity index (χ2n) is 4.94. The summed E-state index contributed by atoms with van der Waals surface area (Å²) in [5.74, 6) is 0. The van der Waals surface area contributed by atoms with Gasteiger partial charge in [0.25, 0.3) is 0 Å². The number of rotatable bonds is 10. The van der Waals surface area contributed by atoms with Gasteiger partial charge in [-0.15, -0.1) is 6.58 Å². The number of allylic oxidation sites excluding steroid dienone is 1. The fourth-order valence-electron chi connectivity index (χ4n) is 2.18. The van der Waals surface area contributed by atoms with Crippen molar-refractivity contribution in [2.45, 2.75) is 56.5 Å². The van der Waals surface area contributed by atoms with Crippen LogP contribution in [0.3, 0.4) is 0 Å². The Morgan fingerprint density at radius 2 is 2.05 bits per heavy atom. The summed E-state index contributed by atoms with van der Waals surface area (Å²) in [6, 6.07) is 0. The quantitative estimate of drug-likeness (QED) is 0.402. The first-order valence-corrected chi connectivity index (χ1v) is 7.01. The molecule has 0 bridgehead atoms. The van der Waals surface area contributed by atoms with E-state index in [9.17, 15) is 10.2 Å². The van der Waals surface area contributed by atoms with E-state index in [1.54, 1.807) is 0 Å². The Labute approximate surface area is 114 Å². The minimum absolute atomic E-state index is 0.263. The number of unbranched alkanes of at least 4 members (excludes halogenated alkanes) is 4. The summed E-state index contributed by atoms with van der Waals surface area (Å²) in [5, 5.41) is 28.2. The summed E-state index contributed by atoms with van der Waals surface area (Å²) in [4.78, 5) is 0. The number of hydrogen-bond acceptors (Lipinski definition) is 5. The SMILES string of the molecule is C=CCCCCCCO[C@@H]1CO[C@H]([C@@H](O)CO)[C@@H]1O. The van der Waals surface area contributed by atoms with Crippen molar-refractivity contribution < 1.29 is 24.8 Å². The van der Waals surface area contributed by atoms with Crippen LogP contribution in [0.15, 0.2) is 12.7 Å². The molecule has 0 aromatic heterocycles. The fraction of sp³-hybridized carbons (Fsp3) is 0.857. The van der Waals surface area contributed by atoms with Gasteiger partial charge in [-0.3, -0.25) is 0 Å². The van der Waals surface area contributed by atoms with E-state index in [2.05, 4.69) is 6.58 Å². The van der Waals surface area contributed by atoms with Crippen molar-refractivity contribution in [2.24, 2.45) is 0 Å². The molecule has 1 aliphatic rings. The highest BCUT2D eigenvalue weighted by molar-refractivity contribution is 4.88. The van der Waals surface area contributed by atoms with Gasteiger partial charge < -0.3 is 24.8 Å². The van der Waals surface area contributed by atoms with Gasteiger partial charge in [-0.05, 0) is 19.3 Å². The minimum atomic E-state index is -1.05. The van der Waals surface area contributed by atoms with E-state index in [-0.39, 0.29) is 6.61 Å². The second-order valence-corrected chi connectivity index (χ2v) is 4.94. The molecule has 0 saturated carbocycles. The van der Waals surface area contributed by atoms with Gasteiger partial charge in [0.05, 0.1) is 13.2 Å². The summed E-state index contributed by atoms with van der Waals surface area (Å²) in [7, 11) is 0. The molecule has 0 radical (unpaired) electrons. The largest absolute Gasteiger partial charge is 0.394 e. The molecule has 19 heavy (non-hydrogen) atoms. The molecular formula is C14H26O5. The molecule has 112 valence electrons. The molecule has 0 amide bonds. The highest BCUT2D eigenvalue weighted by Crippen LogP contribution is 2.20. The van der Waals surface area contributed by atoms with E-state index < -0.39 is 31.0 Å². The van der Waals surface area contributed by atoms with Crippen LogP contribution in [0.4, 0.5) is 0 Å². The van der Waals surface area contributed by atoms with Crippen molar-refractivity contribution in [1.29, 1.82) is 0 Å². The Bertz CT molecular complexity index is 246. The lowest BCUT2D eigenvalue weighted by molar-refractivity contribution is -0.0730. The first-order valence-electron chi connectivity index (χ1n) is 7.01. The summed E-state index contributed by atoms with van der Waals surface area (Å²) in [6.07, 6.45) is 4.27. The first-order chi connectivity index (χ1) is 9.20. The van der Waals surface area contributed by atoms with Crippen LogP contribution in [0, 0.1) is 0 Å². The third-order valence-corrected chi connectivity index (χ3v) is 3.37. The van der Waals surface area contributed by atoms with Crippen LogP contribution in [0.25, 0.3) is 0 Å². The van der Waals surface area contributed by atoms with E-state index in [0.29, 0.717) is 6.61 Å². The highest BCUT2D eigenvalue weighted by Gasteiger charge is 2.40. The van der Waals surface area contributed by atoms with Gasteiger partial charge in [-0.1, -0.05) is 18.9 Å². The molecule has 1 rings (SSSR count). The van der Waals surface area contributed by atoms with E-state index in [4.69, 9.17) is 14.6 Å². The molecule has 5 nitrogen and oxygen atoms in total. The Kier molecular flexibility index (Phi) is 8.25. The lowest BCUT2D eigenvalue weighted by Crippen LogP contribution is -2.41. The fourth-order valence-corrected chi connectivity index (χ4v) is 2.18. The van der Waals surface area contributed by atoms with E-state index in [1.807, 2.05) is 6.08 Å². The van der Waals surface area contributed by atoms with Crippen molar-refractivity contribution in [3.8, 4) is 0 Å². The van der Waals surface area contributed by atoms with Crippen molar-refractivity contribution in [3.63, 3.8) is 0 Å². The number of aliphatic hydroxyl groups is 3. The number of aliphatic hydroxyl groups excluding tert-OH is 3. The van der Waals surface area contributed by atoms with E-state index in [1.165, 1.54) is 0 Å². The zero-order valence-electron chi connectivity index (χ0n) is 11.4. The standard InChI is InChI=1S/C14H26O5/c1-2-3-4-5-6-7-8-18-12-10-19-14(13(12)17)11(16)9-15/h2,11-17H,1,3-10H2/t11-,12+,13+,14+/m0/s1. The molecule has 0 aromatic rings. The molecular weight excluding hydrogens is 248 g/mol. The molecule has 0 aliphatic carbocycles. The van der Waals surface area contributed by atoms with Gasteiger partial charge in [0.1, 0.15) is 24.4 Å². The summed E-state index contributed by atoms with van der Waals surface area (Å²) >= 11 is 0. The summed E-state index contributed by atoms with van der Waals surface area (Å²) < 4.78 is 10.8. The Balaban J connectivity index is 2.09. The van der Waals surface area contributed by atoms with E-state index >= 15 is 0 Å². The zero-order chi connectivity index (χ0) is 14.1. The van der Waals surface area contributed by atoms with Gasteiger partial charge in [0.15, 0.2) is 0 Å². The van der Waals surface area contributed by atoms with Crippen LogP contribution in [-0.2, 0) is 9.47 Å². The van der Waals surface area contributed by atoms with Crippen molar-refractivity contribution >= 4 is 0 Å². The molecule has 0 aromatic carbocycles. The van der Waals surface area contributed by atoms with Crippen molar-refractivity contribution in [1.82, 2.24) is 0 Å². The Hall–Kier alpha value is -0.460. The molecule has 4 atom stereocenters. The lowest BCUT2D eigenvalue weighted by atomic mass is 10.1. The molecule has 1 heterocycles. The molecule has 5 heteroatoms. The van der Waals surface area contributed by atoms with Crippen molar-refractivity contribution in [3.05, 3.63) is 12.7 Å². The second kappa shape index (κ2) is 9.44. The Morgan fingerprint density at radius 1 is 1.32 bits per heavy atom. The van der Waals surface area contributed by atoms with Gasteiger partial charge in [0.2, 0.25) is 0 Å². The minimum Gasteiger partial charge on any atom is -0.394 e. The lowest BCUT2D eigenvalue weighted by Gasteiger charge is -2.20. The molecule has 1 saturated heterocycles. The van der Waals surface area contributed by atoms with Gasteiger partial charge in [0, 0.05) is 6.61 Å². The van der Waals surface area contributed by atoms with Gasteiger partial charge in [-0.25, -0.2) is 0 Å². The van der Waals surface area contributed by atoms with Crippen LogP contribution < -0.4 is 0 Å². The zero-order valence-corrected chi connectivity index (χ0v) is 11.4. The first kappa shape index (κ1) is 16.6. The maximum Gasteiger partial charge on any atom is 0.114 e. The maximum absolute atomic E-state index is 9.89. The monoisotopic (exact) mass is 274 g/mol. The van der Waals surface area contributed by atoms with Gasteiger partial charge in [-0.2, -0.15) is 0 Å². The average Bonchev–Trinajstić information content (AvgIpc) is 2.78. The van der Waals surface area contributed by atoms with Gasteiger partial charge >= 0.3 is 0 Å². The van der Waals surface area contributed by atoms with Crippen molar-refractivity contribution in [2.75, 3.05) is 19.8 Å². The Morgan fingerprint density at radius 3 is 2.74 bits per heavy atom. The van der Waals surface area contributed by atoms with Crippen LogP contribution >= 0.6 is 0 Å². The topological polar surface area (TPSA) is 79.2 Å². The van der Waals surface area contributed by atoms with Crippen LogP contribution in [0.2, 0.25) is 0 Å². The van der Waals surface area contributed by atoms with E-state index in [0.717, 1.165) is 32.1 Å². The normalized spacial score (nSPS) is 28.5. The number of ether oxygens (including phenoxy) is 2. The highest BCUT2D eigenvalue weighted by atomic mass is 16.6. The summed E-state index contributed by atoms with van der Waals surface area (Å²) in [5.41, 5.74) is 0. The maximum atomic E-state index is 9.89. The van der Waals surface area contributed by atoms with Crippen LogP contribution in [-0.4, -0.2) is 59.6 Å².